The summed E-state index contributed by atoms with van der Waals surface area (Å²) >= 11 is 1.65. The minimum atomic E-state index is -0.320. The van der Waals surface area contributed by atoms with Crippen LogP contribution in [0, 0.1) is 18.3 Å². The van der Waals surface area contributed by atoms with E-state index in [0.717, 1.165) is 60.7 Å². The number of carbonyl (C=O) groups excluding carboxylic acids is 1. The second-order valence-electron chi connectivity index (χ2n) is 9.77. The average Bonchev–Trinajstić information content (AvgIpc) is 3.03. The molecule has 5 nitrogen and oxygen atoms in total. The summed E-state index contributed by atoms with van der Waals surface area (Å²) in [6.45, 7) is 8.61. The molecule has 0 bridgehead atoms. The number of carbonyl (C=O) groups is 1. The van der Waals surface area contributed by atoms with Crippen LogP contribution >= 0.6 is 11.3 Å². The summed E-state index contributed by atoms with van der Waals surface area (Å²) in [5.74, 6) is 0.952. The van der Waals surface area contributed by atoms with Crippen molar-refractivity contribution >= 4 is 27.5 Å². The van der Waals surface area contributed by atoms with Crippen LogP contribution in [0.1, 0.15) is 75.6 Å². The number of rotatable bonds is 3. The van der Waals surface area contributed by atoms with E-state index in [0.29, 0.717) is 17.2 Å². The fourth-order valence-corrected chi connectivity index (χ4v) is 6.22. The molecule has 4 rings (SSSR count). The highest BCUT2D eigenvalue weighted by Gasteiger charge is 2.31. The third kappa shape index (κ3) is 4.14. The first kappa shape index (κ1) is 20.6. The largest absolute Gasteiger partial charge is 0.461 e. The topological polar surface area (TPSA) is 61.2 Å². The van der Waals surface area contributed by atoms with E-state index in [9.17, 15) is 9.59 Å². The smallest absolute Gasteiger partial charge is 0.326 e. The molecular formula is C23H32N2O3S. The molecule has 0 aromatic carbocycles. The molecule has 0 atom stereocenters. The number of aryl methyl sites for hydroxylation is 3. The van der Waals surface area contributed by atoms with Gasteiger partial charge in [-0.2, -0.15) is 0 Å². The lowest BCUT2D eigenvalue weighted by Crippen LogP contribution is -2.33. The lowest BCUT2D eigenvalue weighted by Gasteiger charge is -2.36. The summed E-state index contributed by atoms with van der Waals surface area (Å²) in [5.41, 5.74) is 1.39. The Morgan fingerprint density at radius 2 is 1.86 bits per heavy atom. The van der Waals surface area contributed by atoms with E-state index in [4.69, 9.17) is 4.74 Å². The highest BCUT2D eigenvalue weighted by Crippen LogP contribution is 2.38. The summed E-state index contributed by atoms with van der Waals surface area (Å²) in [5, 5.41) is 0.730. The van der Waals surface area contributed by atoms with E-state index in [1.807, 2.05) is 0 Å². The molecule has 2 heterocycles. The summed E-state index contributed by atoms with van der Waals surface area (Å²) in [6, 6.07) is 0. The number of thiophene rings is 1. The third-order valence-corrected chi connectivity index (χ3v) is 7.94. The van der Waals surface area contributed by atoms with Crippen LogP contribution in [-0.4, -0.2) is 21.6 Å². The normalized spacial score (nSPS) is 22.5. The Balaban J connectivity index is 1.48. The Bertz CT molecular complexity index is 975. The zero-order chi connectivity index (χ0) is 20.8. The molecule has 0 N–H and O–H groups in total. The van der Waals surface area contributed by atoms with Gasteiger partial charge in [0.2, 0.25) is 0 Å². The maximum atomic E-state index is 13.2. The predicted octanol–water partition coefficient (Wildman–Crippen LogP) is 4.79. The standard InChI is InChI=1S/C23H32N2O3S/c1-14-24-21-20(17-7-5-6-8-18(17)29-21)22(27)25(14)13-19(26)28-16-11-9-15(10-12-16)23(2,3)4/h15-16H,5-13H2,1-4H3. The Labute approximate surface area is 176 Å². The SMILES string of the molecule is Cc1nc2sc3c(c2c(=O)n1CC(=O)OC1CCC(C(C)(C)C)CC1)CCCC3. The quantitative estimate of drug-likeness (QED) is 0.675. The molecule has 0 amide bonds. The molecular weight excluding hydrogens is 384 g/mol. The molecule has 2 aromatic heterocycles. The van der Waals surface area contributed by atoms with Gasteiger partial charge in [0.05, 0.1) is 5.39 Å². The minimum absolute atomic E-state index is 0.0253. The minimum Gasteiger partial charge on any atom is -0.461 e. The number of aromatic nitrogens is 2. The maximum absolute atomic E-state index is 13.2. The fraction of sp³-hybridized carbons (Fsp3) is 0.696. The summed E-state index contributed by atoms with van der Waals surface area (Å²) in [7, 11) is 0. The van der Waals surface area contributed by atoms with Crippen molar-refractivity contribution in [2.75, 3.05) is 0 Å². The van der Waals surface area contributed by atoms with Gasteiger partial charge in [-0.1, -0.05) is 20.8 Å². The predicted molar refractivity (Wildman–Crippen MR) is 117 cm³/mol. The first-order valence-electron chi connectivity index (χ1n) is 10.9. The number of fused-ring (bicyclic) bond motifs is 3. The van der Waals surface area contributed by atoms with Gasteiger partial charge >= 0.3 is 5.97 Å². The van der Waals surface area contributed by atoms with Crippen LogP contribution < -0.4 is 5.56 Å². The number of nitrogens with zero attached hydrogens (tertiary/aromatic N) is 2. The van der Waals surface area contributed by atoms with Crippen LogP contribution in [0.4, 0.5) is 0 Å². The van der Waals surface area contributed by atoms with E-state index in [-0.39, 0.29) is 24.2 Å². The Morgan fingerprint density at radius 1 is 1.17 bits per heavy atom. The molecule has 6 heteroatoms. The second kappa shape index (κ2) is 7.86. The zero-order valence-electron chi connectivity index (χ0n) is 18.0. The van der Waals surface area contributed by atoms with E-state index in [1.165, 1.54) is 15.9 Å². The van der Waals surface area contributed by atoms with Crippen molar-refractivity contribution in [1.29, 1.82) is 0 Å². The van der Waals surface area contributed by atoms with E-state index in [2.05, 4.69) is 25.8 Å². The van der Waals surface area contributed by atoms with Crippen LogP contribution in [0.3, 0.4) is 0 Å². The van der Waals surface area contributed by atoms with E-state index in [1.54, 1.807) is 18.3 Å². The lowest BCUT2D eigenvalue weighted by atomic mass is 9.72. The summed E-state index contributed by atoms with van der Waals surface area (Å²) < 4.78 is 7.26. The average molecular weight is 417 g/mol. The van der Waals surface area contributed by atoms with Crippen molar-refractivity contribution in [2.24, 2.45) is 11.3 Å². The van der Waals surface area contributed by atoms with Crippen molar-refractivity contribution < 1.29 is 9.53 Å². The van der Waals surface area contributed by atoms with Crippen LogP contribution in [0.25, 0.3) is 10.2 Å². The third-order valence-electron chi connectivity index (χ3n) is 6.75. The molecule has 2 aliphatic carbocycles. The highest BCUT2D eigenvalue weighted by molar-refractivity contribution is 7.18. The highest BCUT2D eigenvalue weighted by atomic mass is 32.1. The monoisotopic (exact) mass is 416 g/mol. The first-order chi connectivity index (χ1) is 13.7. The van der Waals surface area contributed by atoms with Gasteiger partial charge in [-0.15, -0.1) is 11.3 Å². The van der Waals surface area contributed by atoms with Gasteiger partial charge < -0.3 is 4.74 Å². The number of esters is 1. The molecule has 158 valence electrons. The van der Waals surface area contributed by atoms with E-state index < -0.39 is 0 Å². The molecule has 0 aliphatic heterocycles. The molecule has 0 unspecified atom stereocenters. The summed E-state index contributed by atoms with van der Waals surface area (Å²) in [6.07, 6.45) is 8.26. The molecule has 0 saturated heterocycles. The molecule has 2 aromatic rings. The second-order valence-corrected chi connectivity index (χ2v) is 10.9. The molecule has 0 radical (unpaired) electrons. The van der Waals surface area contributed by atoms with Gasteiger partial charge in [-0.25, -0.2) is 4.98 Å². The Morgan fingerprint density at radius 3 is 2.55 bits per heavy atom. The molecule has 1 fully saturated rings. The van der Waals surface area contributed by atoms with Crippen LogP contribution in [0.2, 0.25) is 0 Å². The van der Waals surface area contributed by atoms with Crippen molar-refractivity contribution in [1.82, 2.24) is 9.55 Å². The van der Waals surface area contributed by atoms with Crippen molar-refractivity contribution in [3.05, 3.63) is 26.6 Å². The maximum Gasteiger partial charge on any atom is 0.326 e. The van der Waals surface area contributed by atoms with Gasteiger partial charge in [-0.05, 0) is 75.2 Å². The fourth-order valence-electron chi connectivity index (χ4n) is 4.93. The van der Waals surface area contributed by atoms with Gasteiger partial charge in [0.25, 0.3) is 5.56 Å². The first-order valence-corrected chi connectivity index (χ1v) is 11.8. The van der Waals surface area contributed by atoms with Gasteiger partial charge in [0.15, 0.2) is 0 Å². The zero-order valence-corrected chi connectivity index (χ0v) is 18.9. The number of hydrogen-bond donors (Lipinski definition) is 0. The van der Waals surface area contributed by atoms with Gasteiger partial charge in [-0.3, -0.25) is 14.2 Å². The number of hydrogen-bond acceptors (Lipinski definition) is 5. The van der Waals surface area contributed by atoms with Crippen molar-refractivity contribution in [3.8, 4) is 0 Å². The lowest BCUT2D eigenvalue weighted by molar-refractivity contribution is -0.152. The molecule has 1 saturated carbocycles. The van der Waals surface area contributed by atoms with Gasteiger partial charge in [0, 0.05) is 4.88 Å². The van der Waals surface area contributed by atoms with Crippen molar-refractivity contribution in [3.63, 3.8) is 0 Å². The van der Waals surface area contributed by atoms with Crippen LogP contribution in [0.5, 0.6) is 0 Å². The van der Waals surface area contributed by atoms with E-state index >= 15 is 0 Å². The number of ether oxygens (including phenoxy) is 1. The molecule has 29 heavy (non-hydrogen) atoms. The van der Waals surface area contributed by atoms with Crippen molar-refractivity contribution in [2.45, 2.75) is 91.7 Å². The van der Waals surface area contributed by atoms with Crippen LogP contribution in [-0.2, 0) is 28.9 Å². The van der Waals surface area contributed by atoms with Gasteiger partial charge in [0.1, 0.15) is 23.3 Å². The van der Waals surface area contributed by atoms with Crippen LogP contribution in [0.15, 0.2) is 4.79 Å². The molecule has 2 aliphatic rings. The summed E-state index contributed by atoms with van der Waals surface area (Å²) in [4.78, 5) is 32.6. The molecule has 0 spiro atoms. The Hall–Kier alpha value is -1.69. The Kier molecular flexibility index (Phi) is 5.58.